The fraction of sp³-hybridized carbons (Fsp3) is 0.263. The van der Waals surface area contributed by atoms with Crippen LogP contribution in [0.5, 0.6) is 5.75 Å². The topological polar surface area (TPSA) is 81.9 Å². The summed E-state index contributed by atoms with van der Waals surface area (Å²) in [7, 11) is 0. The second-order valence-corrected chi connectivity index (χ2v) is 7.43. The highest BCUT2D eigenvalue weighted by atomic mass is 35.5. The minimum absolute atomic E-state index is 0.301. The van der Waals surface area contributed by atoms with Gasteiger partial charge in [0.05, 0.1) is 11.1 Å². The van der Waals surface area contributed by atoms with Crippen LogP contribution in [0.25, 0.3) is 11.4 Å². The number of nitrogens with zero attached hydrogens (tertiary/aromatic N) is 4. The molecular weight excluding hydrogens is 401 g/mol. The molecule has 2 aromatic carbocycles. The highest BCUT2D eigenvalue weighted by molar-refractivity contribution is 6.35. The number of hydrogen-bond donors (Lipinski definition) is 1. The Bertz CT molecular complexity index is 1020. The van der Waals surface area contributed by atoms with Crippen molar-refractivity contribution < 1.29 is 9.53 Å². The average molecular weight is 418 g/mol. The van der Waals surface area contributed by atoms with Crippen LogP contribution in [0.1, 0.15) is 25.8 Å². The van der Waals surface area contributed by atoms with Crippen LogP contribution in [0.2, 0.25) is 10.0 Å². The molecule has 0 spiro atoms. The molecule has 1 unspecified atom stereocenters. The molecule has 3 aromatic rings. The Labute approximate surface area is 171 Å². The maximum absolute atomic E-state index is 12.5. The van der Waals surface area contributed by atoms with E-state index in [0.29, 0.717) is 33.3 Å². The van der Waals surface area contributed by atoms with Crippen molar-refractivity contribution in [1.29, 1.82) is 0 Å². The number of nitrogens with one attached hydrogen (secondary N) is 1. The number of benzene rings is 2. The lowest BCUT2D eigenvalue weighted by atomic mass is 10.2. The molecule has 9 heteroatoms. The zero-order valence-electron chi connectivity index (χ0n) is 15.0. The van der Waals surface area contributed by atoms with Crippen molar-refractivity contribution in [3.8, 4) is 17.1 Å². The molecular formula is C19H17Cl2N5O2. The van der Waals surface area contributed by atoms with Crippen molar-refractivity contribution >= 4 is 34.8 Å². The van der Waals surface area contributed by atoms with Gasteiger partial charge in [-0.2, -0.15) is 0 Å². The number of halogens is 2. The zero-order chi connectivity index (χ0) is 19.7. The normalized spacial score (nSPS) is 14.5. The summed E-state index contributed by atoms with van der Waals surface area (Å²) in [6.45, 7) is 1.65. The monoisotopic (exact) mass is 417 g/mol. The summed E-state index contributed by atoms with van der Waals surface area (Å²) in [6, 6.07) is 12.6. The number of hydrogen-bond acceptors (Lipinski definition) is 5. The van der Waals surface area contributed by atoms with Crippen LogP contribution in [-0.2, 0) is 4.79 Å². The Kier molecular flexibility index (Phi) is 5.19. The lowest BCUT2D eigenvalue weighted by Gasteiger charge is -2.16. The van der Waals surface area contributed by atoms with Gasteiger partial charge in [0.1, 0.15) is 5.75 Å². The molecule has 1 saturated carbocycles. The number of anilines is 1. The Morgan fingerprint density at radius 2 is 2.07 bits per heavy atom. The second-order valence-electron chi connectivity index (χ2n) is 6.58. The van der Waals surface area contributed by atoms with Gasteiger partial charge in [-0.3, -0.25) is 4.79 Å². The maximum atomic E-state index is 12.5. The largest absolute Gasteiger partial charge is 0.479 e. The van der Waals surface area contributed by atoms with Crippen molar-refractivity contribution in [3.05, 3.63) is 52.5 Å². The van der Waals surface area contributed by atoms with E-state index >= 15 is 0 Å². The van der Waals surface area contributed by atoms with Crippen LogP contribution in [0.15, 0.2) is 42.5 Å². The summed E-state index contributed by atoms with van der Waals surface area (Å²) < 4.78 is 7.48. The van der Waals surface area contributed by atoms with E-state index in [-0.39, 0.29) is 5.91 Å². The molecule has 0 bridgehead atoms. The second kappa shape index (κ2) is 7.77. The first kappa shape index (κ1) is 18.7. The third-order valence-electron chi connectivity index (χ3n) is 4.34. The van der Waals surface area contributed by atoms with Crippen molar-refractivity contribution in [3.63, 3.8) is 0 Å². The van der Waals surface area contributed by atoms with E-state index in [1.165, 1.54) is 0 Å². The van der Waals surface area contributed by atoms with E-state index in [4.69, 9.17) is 27.9 Å². The number of aromatic nitrogens is 4. The van der Waals surface area contributed by atoms with E-state index in [2.05, 4.69) is 20.8 Å². The minimum atomic E-state index is -0.751. The third-order valence-corrected chi connectivity index (χ3v) is 4.87. The molecule has 144 valence electrons. The van der Waals surface area contributed by atoms with Crippen LogP contribution >= 0.6 is 23.2 Å². The fourth-order valence-electron chi connectivity index (χ4n) is 2.74. The molecule has 1 aromatic heterocycles. The molecule has 1 atom stereocenters. The Morgan fingerprint density at radius 3 is 2.82 bits per heavy atom. The summed E-state index contributed by atoms with van der Waals surface area (Å²) in [5.74, 6) is 0.784. The zero-order valence-corrected chi connectivity index (χ0v) is 16.5. The highest BCUT2D eigenvalue weighted by Crippen LogP contribution is 2.36. The molecule has 1 amide bonds. The molecule has 28 heavy (non-hydrogen) atoms. The predicted molar refractivity (Wildman–Crippen MR) is 107 cm³/mol. The van der Waals surface area contributed by atoms with Crippen molar-refractivity contribution in [2.75, 3.05) is 5.32 Å². The summed E-state index contributed by atoms with van der Waals surface area (Å²) in [4.78, 5) is 12.5. The number of carbonyl (C=O) groups excluding carboxylic acids is 1. The van der Waals surface area contributed by atoms with Crippen LogP contribution in [0.3, 0.4) is 0 Å². The van der Waals surface area contributed by atoms with Crippen molar-refractivity contribution in [2.45, 2.75) is 31.9 Å². The minimum Gasteiger partial charge on any atom is -0.479 e. The standard InChI is InChI=1S/C19H17Cl2N5O2/c1-11(28-17-8-5-13(20)10-16(17)21)19(27)22-14-4-2-3-12(9-14)18-23-24-25-26(18)15-6-7-15/h2-5,8-11,15H,6-7H2,1H3,(H,22,27). The molecule has 0 saturated heterocycles. The van der Waals surface area contributed by atoms with Gasteiger partial charge in [-0.25, -0.2) is 4.68 Å². The van der Waals surface area contributed by atoms with Gasteiger partial charge in [0.25, 0.3) is 5.91 Å². The van der Waals surface area contributed by atoms with Crippen LogP contribution < -0.4 is 10.1 Å². The third kappa shape index (κ3) is 4.10. The van der Waals surface area contributed by atoms with Gasteiger partial charge < -0.3 is 10.1 Å². The number of ether oxygens (including phenoxy) is 1. The number of tetrazole rings is 1. The molecule has 0 aliphatic heterocycles. The molecule has 1 N–H and O–H groups in total. The molecule has 7 nitrogen and oxygen atoms in total. The fourth-order valence-corrected chi connectivity index (χ4v) is 3.20. The van der Waals surface area contributed by atoms with E-state index < -0.39 is 6.10 Å². The van der Waals surface area contributed by atoms with Crippen LogP contribution in [0.4, 0.5) is 5.69 Å². The summed E-state index contributed by atoms with van der Waals surface area (Å²) in [5, 5.41) is 15.6. The quantitative estimate of drug-likeness (QED) is 0.642. The molecule has 4 rings (SSSR count). The van der Waals surface area contributed by atoms with E-state index in [0.717, 1.165) is 18.4 Å². The first-order valence-corrected chi connectivity index (χ1v) is 9.58. The summed E-state index contributed by atoms with van der Waals surface area (Å²) in [5.41, 5.74) is 1.47. The Hall–Kier alpha value is -2.64. The van der Waals surface area contributed by atoms with Crippen molar-refractivity contribution in [2.24, 2.45) is 0 Å². The number of rotatable bonds is 6. The highest BCUT2D eigenvalue weighted by Gasteiger charge is 2.28. The van der Waals surface area contributed by atoms with Crippen LogP contribution in [-0.4, -0.2) is 32.2 Å². The first-order valence-electron chi connectivity index (χ1n) is 8.82. The van der Waals surface area contributed by atoms with Gasteiger partial charge in [0, 0.05) is 16.3 Å². The van der Waals surface area contributed by atoms with Crippen LogP contribution in [0, 0.1) is 0 Å². The Balaban J connectivity index is 1.46. The van der Waals surface area contributed by atoms with E-state index in [1.807, 2.05) is 22.9 Å². The summed E-state index contributed by atoms with van der Waals surface area (Å²) >= 11 is 12.0. The molecule has 1 aliphatic rings. The van der Waals surface area contributed by atoms with Gasteiger partial charge in [0.15, 0.2) is 11.9 Å². The predicted octanol–water partition coefficient (Wildman–Crippen LogP) is 4.39. The maximum Gasteiger partial charge on any atom is 0.265 e. The molecule has 0 radical (unpaired) electrons. The van der Waals surface area contributed by atoms with Gasteiger partial charge in [-0.15, -0.1) is 5.10 Å². The first-order chi connectivity index (χ1) is 13.5. The van der Waals surface area contributed by atoms with Gasteiger partial charge in [-0.05, 0) is 60.5 Å². The van der Waals surface area contributed by atoms with Gasteiger partial charge in [-0.1, -0.05) is 35.3 Å². The lowest BCUT2D eigenvalue weighted by molar-refractivity contribution is -0.122. The van der Waals surface area contributed by atoms with E-state index in [9.17, 15) is 4.79 Å². The van der Waals surface area contributed by atoms with Gasteiger partial charge >= 0.3 is 0 Å². The SMILES string of the molecule is CC(Oc1ccc(Cl)cc1Cl)C(=O)Nc1cccc(-c2nnnn2C2CC2)c1. The molecule has 1 aliphatic carbocycles. The van der Waals surface area contributed by atoms with Gasteiger partial charge in [0.2, 0.25) is 0 Å². The Morgan fingerprint density at radius 1 is 1.25 bits per heavy atom. The molecule has 1 heterocycles. The average Bonchev–Trinajstić information content (AvgIpc) is 3.40. The summed E-state index contributed by atoms with van der Waals surface area (Å²) in [6.07, 6.45) is 1.41. The smallest absolute Gasteiger partial charge is 0.265 e. The number of carbonyl (C=O) groups is 1. The van der Waals surface area contributed by atoms with Crippen molar-refractivity contribution in [1.82, 2.24) is 20.2 Å². The van der Waals surface area contributed by atoms with E-state index in [1.54, 1.807) is 31.2 Å². The molecule has 1 fully saturated rings. The lowest BCUT2D eigenvalue weighted by Crippen LogP contribution is -2.30. The number of amides is 1.